The van der Waals surface area contributed by atoms with Gasteiger partial charge in [-0.05, 0) is 55.0 Å². The second-order valence-corrected chi connectivity index (χ2v) is 5.98. The van der Waals surface area contributed by atoms with Crippen molar-refractivity contribution in [3.05, 3.63) is 53.6 Å². The molecule has 3 heteroatoms. The van der Waals surface area contributed by atoms with Gasteiger partial charge in [-0.3, -0.25) is 0 Å². The topological polar surface area (TPSA) is 32.7 Å². The number of rotatable bonds is 4. The van der Waals surface area contributed by atoms with E-state index in [1.165, 1.54) is 17.7 Å². The van der Waals surface area contributed by atoms with Crippen molar-refractivity contribution >= 4 is 5.69 Å². The molecule has 0 unspecified atom stereocenters. The van der Waals surface area contributed by atoms with E-state index in [9.17, 15) is 5.11 Å². The van der Waals surface area contributed by atoms with Gasteiger partial charge in [0, 0.05) is 18.8 Å². The van der Waals surface area contributed by atoms with E-state index in [1.54, 1.807) is 7.11 Å². The van der Waals surface area contributed by atoms with Crippen molar-refractivity contribution in [1.82, 2.24) is 0 Å². The normalized spacial score (nSPS) is 17.2. The molecule has 3 nitrogen and oxygen atoms in total. The number of ether oxygens (including phenoxy) is 1. The number of fused-ring (bicyclic) bond motifs is 1. The van der Waals surface area contributed by atoms with Gasteiger partial charge in [-0.15, -0.1) is 0 Å². The Morgan fingerprint density at radius 2 is 2.05 bits per heavy atom. The molecule has 1 heterocycles. The van der Waals surface area contributed by atoms with Crippen LogP contribution in [-0.4, -0.2) is 25.3 Å². The molecule has 0 fully saturated rings. The minimum Gasteiger partial charge on any atom is -0.504 e. The molecule has 1 aliphatic heterocycles. The number of phenolic OH excluding ortho intramolecular Hbond substituents is 1. The summed E-state index contributed by atoms with van der Waals surface area (Å²) >= 11 is 0. The number of methoxy groups -OCH3 is 1. The van der Waals surface area contributed by atoms with Crippen molar-refractivity contribution in [1.29, 1.82) is 0 Å². The van der Waals surface area contributed by atoms with E-state index in [4.69, 9.17) is 4.74 Å². The van der Waals surface area contributed by atoms with Crippen LogP contribution < -0.4 is 9.64 Å². The van der Waals surface area contributed by atoms with Crippen molar-refractivity contribution in [2.75, 3.05) is 19.1 Å². The summed E-state index contributed by atoms with van der Waals surface area (Å²) in [6, 6.07) is 14.9. The Hall–Kier alpha value is -2.16. The Morgan fingerprint density at radius 3 is 2.82 bits per heavy atom. The Bertz CT molecular complexity index is 654. The SMILES string of the molecule is COc1ccc(CC[C@@H]2CCc3ccccc3N2C)cc1O. The van der Waals surface area contributed by atoms with Crippen LogP contribution in [-0.2, 0) is 12.8 Å². The van der Waals surface area contributed by atoms with Crippen molar-refractivity contribution in [2.24, 2.45) is 0 Å². The van der Waals surface area contributed by atoms with Gasteiger partial charge in [-0.2, -0.15) is 0 Å². The van der Waals surface area contributed by atoms with Gasteiger partial charge in [0.15, 0.2) is 11.5 Å². The maximum Gasteiger partial charge on any atom is 0.160 e. The first-order chi connectivity index (χ1) is 10.7. The van der Waals surface area contributed by atoms with Crippen molar-refractivity contribution in [3.63, 3.8) is 0 Å². The van der Waals surface area contributed by atoms with Gasteiger partial charge >= 0.3 is 0 Å². The largest absolute Gasteiger partial charge is 0.504 e. The molecule has 0 spiro atoms. The summed E-state index contributed by atoms with van der Waals surface area (Å²) in [6.45, 7) is 0. The molecule has 1 N–H and O–H groups in total. The minimum atomic E-state index is 0.224. The maximum atomic E-state index is 9.88. The summed E-state index contributed by atoms with van der Waals surface area (Å²) in [5, 5.41) is 9.88. The smallest absolute Gasteiger partial charge is 0.160 e. The van der Waals surface area contributed by atoms with Crippen molar-refractivity contribution in [2.45, 2.75) is 31.7 Å². The molecule has 0 amide bonds. The standard InChI is InChI=1S/C19H23NO2/c1-20-16(11-9-15-5-3-4-6-17(15)20)10-7-14-8-12-19(22-2)18(21)13-14/h3-6,8,12-13,16,21H,7,9-11H2,1-2H3/t16-/m1/s1. The van der Waals surface area contributed by atoms with Gasteiger partial charge < -0.3 is 14.7 Å². The molecule has 0 saturated carbocycles. The second-order valence-electron chi connectivity index (χ2n) is 5.98. The number of hydrogen-bond donors (Lipinski definition) is 1. The molecule has 0 aliphatic carbocycles. The van der Waals surface area contributed by atoms with Gasteiger partial charge in [-0.1, -0.05) is 24.3 Å². The zero-order valence-corrected chi connectivity index (χ0v) is 13.2. The van der Waals surface area contributed by atoms with Crippen LogP contribution in [0.1, 0.15) is 24.0 Å². The van der Waals surface area contributed by atoms with E-state index in [2.05, 4.69) is 36.2 Å². The highest BCUT2D eigenvalue weighted by molar-refractivity contribution is 5.55. The third kappa shape index (κ3) is 2.89. The summed E-state index contributed by atoms with van der Waals surface area (Å²) in [4.78, 5) is 2.40. The number of hydrogen-bond acceptors (Lipinski definition) is 3. The molecule has 22 heavy (non-hydrogen) atoms. The van der Waals surface area contributed by atoms with Gasteiger partial charge in [0.25, 0.3) is 0 Å². The Balaban J connectivity index is 1.66. The fourth-order valence-corrected chi connectivity index (χ4v) is 3.34. The molecule has 3 rings (SSSR count). The Kier molecular flexibility index (Phi) is 4.23. The van der Waals surface area contributed by atoms with Gasteiger partial charge in [-0.25, -0.2) is 0 Å². The Morgan fingerprint density at radius 1 is 1.23 bits per heavy atom. The van der Waals surface area contributed by atoms with E-state index in [0.717, 1.165) is 24.8 Å². The van der Waals surface area contributed by atoms with Crippen LogP contribution in [0, 0.1) is 0 Å². The number of para-hydroxylation sites is 1. The molecule has 2 aromatic rings. The number of anilines is 1. The number of benzene rings is 2. The molecular weight excluding hydrogens is 274 g/mol. The van der Waals surface area contributed by atoms with E-state index >= 15 is 0 Å². The third-order valence-electron chi connectivity index (χ3n) is 4.68. The summed E-state index contributed by atoms with van der Waals surface area (Å²) in [5.41, 5.74) is 3.96. The zero-order chi connectivity index (χ0) is 15.5. The van der Waals surface area contributed by atoms with Crippen LogP contribution in [0.4, 0.5) is 5.69 Å². The molecule has 0 bridgehead atoms. The molecule has 1 atom stereocenters. The minimum absolute atomic E-state index is 0.224. The van der Waals surface area contributed by atoms with Crippen LogP contribution in [0.15, 0.2) is 42.5 Å². The van der Waals surface area contributed by atoms with E-state index in [-0.39, 0.29) is 5.75 Å². The average molecular weight is 297 g/mol. The molecule has 0 aromatic heterocycles. The highest BCUT2D eigenvalue weighted by Crippen LogP contribution is 2.32. The highest BCUT2D eigenvalue weighted by Gasteiger charge is 2.22. The van der Waals surface area contributed by atoms with E-state index < -0.39 is 0 Å². The first-order valence-corrected chi connectivity index (χ1v) is 7.85. The van der Waals surface area contributed by atoms with Crippen molar-refractivity contribution in [3.8, 4) is 11.5 Å². The monoisotopic (exact) mass is 297 g/mol. The number of aryl methyl sites for hydroxylation is 2. The number of nitrogens with zero attached hydrogens (tertiary/aromatic N) is 1. The van der Waals surface area contributed by atoms with E-state index in [1.807, 2.05) is 18.2 Å². The lowest BCUT2D eigenvalue weighted by atomic mass is 9.92. The molecular formula is C19H23NO2. The van der Waals surface area contributed by atoms with Crippen LogP contribution in [0.3, 0.4) is 0 Å². The Labute approximate surface area is 132 Å². The van der Waals surface area contributed by atoms with Crippen LogP contribution in [0.2, 0.25) is 0 Å². The fraction of sp³-hybridized carbons (Fsp3) is 0.368. The number of phenols is 1. The van der Waals surface area contributed by atoms with Crippen LogP contribution >= 0.6 is 0 Å². The lowest BCUT2D eigenvalue weighted by Gasteiger charge is -2.36. The van der Waals surface area contributed by atoms with Crippen LogP contribution in [0.25, 0.3) is 0 Å². The van der Waals surface area contributed by atoms with Crippen molar-refractivity contribution < 1.29 is 9.84 Å². The van der Waals surface area contributed by atoms with E-state index in [0.29, 0.717) is 11.8 Å². The summed E-state index contributed by atoms with van der Waals surface area (Å²) < 4.78 is 5.09. The summed E-state index contributed by atoms with van der Waals surface area (Å²) in [5.74, 6) is 0.759. The molecule has 0 radical (unpaired) electrons. The second kappa shape index (κ2) is 6.30. The molecule has 1 aliphatic rings. The predicted molar refractivity (Wildman–Crippen MR) is 89.9 cm³/mol. The first kappa shape index (κ1) is 14.8. The predicted octanol–water partition coefficient (Wildman–Crippen LogP) is 3.78. The zero-order valence-electron chi connectivity index (χ0n) is 13.2. The quantitative estimate of drug-likeness (QED) is 0.932. The fourth-order valence-electron chi connectivity index (χ4n) is 3.34. The first-order valence-electron chi connectivity index (χ1n) is 7.85. The lowest BCUT2D eigenvalue weighted by molar-refractivity contribution is 0.373. The summed E-state index contributed by atoms with van der Waals surface area (Å²) in [7, 11) is 3.76. The number of aromatic hydroxyl groups is 1. The van der Waals surface area contributed by atoms with Gasteiger partial charge in [0.1, 0.15) is 0 Å². The maximum absolute atomic E-state index is 9.88. The lowest BCUT2D eigenvalue weighted by Crippen LogP contribution is -2.36. The van der Waals surface area contributed by atoms with Crippen LogP contribution in [0.5, 0.6) is 11.5 Å². The highest BCUT2D eigenvalue weighted by atomic mass is 16.5. The third-order valence-corrected chi connectivity index (χ3v) is 4.68. The molecule has 0 saturated heterocycles. The van der Waals surface area contributed by atoms with Gasteiger partial charge in [0.2, 0.25) is 0 Å². The van der Waals surface area contributed by atoms with Gasteiger partial charge in [0.05, 0.1) is 7.11 Å². The average Bonchev–Trinajstić information content (AvgIpc) is 2.55. The molecule has 116 valence electrons. The molecule has 2 aromatic carbocycles. The summed E-state index contributed by atoms with van der Waals surface area (Å²) in [6.07, 6.45) is 4.40.